The fourth-order valence-corrected chi connectivity index (χ4v) is 11.0. The van der Waals surface area contributed by atoms with Gasteiger partial charge in [-0.05, 0) is 116 Å². The van der Waals surface area contributed by atoms with Gasteiger partial charge in [0, 0.05) is 62.7 Å². The SMILES string of the molecule is C=CCOCC(=O)CCCCNC(=O)OCC1c2ccccc2-c2ccccc21.CC#Cc1cn(CC(=O)N(CCNC(=O)OCC2c3ccccc3-c3ccccc32)CC(=O)O)c(=O)[nH]c1=O.CC#Cc1cn(CC(=O)O)c(=O)[nH]c1=O.O=C(O)CI.O=C(O)Cn1cc(I)c(=O)[nH]c1=O.O=c1[nH]cc(I)c(=O)[nH]1. The zero-order chi connectivity index (χ0) is 81.0. The van der Waals surface area contributed by atoms with Crippen molar-refractivity contribution in [2.75, 3.05) is 57.0 Å². The quantitative estimate of drug-likeness (QED) is 0.0125. The van der Waals surface area contributed by atoms with Crippen LogP contribution in [-0.2, 0) is 62.6 Å². The number of ketones is 1. The molecule has 0 atom stereocenters. The van der Waals surface area contributed by atoms with Crippen LogP contribution in [0.4, 0.5) is 9.59 Å². The molecular weight excluding hydrogens is 1780 g/mol. The number of hydrogen-bond donors (Lipinski definition) is 11. The number of nitrogens with zero attached hydrogens (tertiary/aromatic N) is 4. The number of nitrogens with one attached hydrogen (secondary N) is 7. The molecule has 37 heteroatoms. The number of benzene rings is 4. The second-order valence-electron chi connectivity index (χ2n) is 22.7. The Balaban J connectivity index is 0.000000265. The number of aromatic amines is 5. The number of ether oxygens (including phenoxy) is 3. The molecule has 0 aliphatic heterocycles. The molecule has 578 valence electrons. The van der Waals surface area contributed by atoms with Gasteiger partial charge in [-0.25, -0.2) is 28.8 Å². The Morgan fingerprint density at radius 3 is 1.35 bits per heavy atom. The van der Waals surface area contributed by atoms with Crippen molar-refractivity contribution in [3.8, 4) is 45.9 Å². The second-order valence-corrected chi connectivity index (χ2v) is 25.8. The van der Waals surface area contributed by atoms with Crippen molar-refractivity contribution in [2.45, 2.75) is 64.6 Å². The van der Waals surface area contributed by atoms with Crippen LogP contribution in [0.15, 0.2) is 173 Å². The van der Waals surface area contributed by atoms with Crippen molar-refractivity contribution in [3.63, 3.8) is 0 Å². The lowest BCUT2D eigenvalue weighted by Crippen LogP contribution is -2.44. The van der Waals surface area contributed by atoms with Crippen molar-refractivity contribution < 1.29 is 73.0 Å². The highest BCUT2D eigenvalue weighted by atomic mass is 127. The minimum atomic E-state index is -1.27. The highest BCUT2D eigenvalue weighted by Gasteiger charge is 2.31. The number of H-pyrrole nitrogens is 5. The van der Waals surface area contributed by atoms with Crippen LogP contribution in [0.25, 0.3) is 22.3 Å². The normalized spacial score (nSPS) is 10.8. The summed E-state index contributed by atoms with van der Waals surface area (Å²) < 4.78 is 19.7. The first kappa shape index (κ1) is 88.8. The van der Waals surface area contributed by atoms with Crippen LogP contribution in [0.2, 0.25) is 0 Å². The molecule has 8 aromatic rings. The van der Waals surface area contributed by atoms with E-state index >= 15 is 0 Å². The lowest BCUT2D eigenvalue weighted by Gasteiger charge is -2.21. The van der Waals surface area contributed by atoms with Gasteiger partial charge in [-0.1, -0.05) is 138 Å². The van der Waals surface area contributed by atoms with E-state index in [0.29, 0.717) is 36.2 Å². The van der Waals surface area contributed by atoms with E-state index in [9.17, 15) is 81.8 Å². The van der Waals surface area contributed by atoms with Crippen LogP contribution in [-0.4, -0.2) is 169 Å². The van der Waals surface area contributed by atoms with Crippen LogP contribution in [0.3, 0.4) is 0 Å². The third-order valence-corrected chi connectivity index (χ3v) is 17.2. The molecule has 0 spiro atoms. The Hall–Kier alpha value is -11.8. The molecule has 2 aliphatic rings. The standard InChI is InChI=1S/C28H26N4O7.C24H27NO4.C9H8N2O4.C6H5IN2O4.C4H3IN2O2.C2H3IO2/c1-2-7-18-14-32(27(37)30-26(18)36)15-24(33)31(16-25(34)35)13-12-29-28(38)39-17-23-21-10-5-3-8-19(21)20-9-4-6-11-22(20)23;1-2-15-28-16-18(26)9-7-8-14-25-24(27)29-17-23-21-12-5-3-10-19(21)20-11-4-6-13-22(20)23;1-2-3-6-4-11(5-7(12)13)9(15)10-8(6)14;7-3-1-9(2-4(10)11)6(13)8-5(3)12;5-2-1-6-4(9)7-3(2)8;3-1-2(4)5/h3-6,8-11,14,23H,12-13,15-17H2,1H3,(H,29,38)(H,34,35)(H,30,36,37);2-6,10-13,23H,1,7-9,14-17H2,(H,25,27);4H,5H2,1H3,(H,12,13)(H,10,14,15);1H,2H2,(H,10,11)(H,8,12,13);1H,(H2,6,7,8,9);1H2,(H,4,5). The summed E-state index contributed by atoms with van der Waals surface area (Å²) in [7, 11) is 0. The summed E-state index contributed by atoms with van der Waals surface area (Å²) in [5.74, 6) is 5.01. The van der Waals surface area contributed by atoms with Gasteiger partial charge in [0.15, 0.2) is 5.78 Å². The number of carboxylic acid groups (broad SMARTS) is 4. The molecular formula is C73H72I3N11O23. The zero-order valence-corrected chi connectivity index (χ0v) is 65.0. The van der Waals surface area contributed by atoms with Crippen molar-refractivity contribution in [1.29, 1.82) is 0 Å². The van der Waals surface area contributed by atoms with E-state index in [1.807, 2.05) is 105 Å². The molecule has 4 aromatic heterocycles. The number of carboxylic acids is 4. The first-order valence-corrected chi connectivity index (χ1v) is 36.3. The third kappa shape index (κ3) is 28.7. The summed E-state index contributed by atoms with van der Waals surface area (Å²) in [6.07, 6.45) is 7.20. The van der Waals surface area contributed by atoms with Crippen LogP contribution in [0, 0.1) is 30.8 Å². The number of alkyl halides is 1. The van der Waals surface area contributed by atoms with Crippen molar-refractivity contribution in [1.82, 2.24) is 54.2 Å². The predicted molar refractivity (Wildman–Crippen MR) is 424 cm³/mol. The van der Waals surface area contributed by atoms with Crippen molar-refractivity contribution in [3.05, 3.63) is 258 Å². The van der Waals surface area contributed by atoms with Crippen LogP contribution < -0.4 is 55.6 Å². The molecule has 0 saturated carbocycles. The molecule has 110 heavy (non-hydrogen) atoms. The molecule has 0 saturated heterocycles. The fourth-order valence-electron chi connectivity index (χ4n) is 10.2. The largest absolute Gasteiger partial charge is 0.481 e. The Morgan fingerprint density at radius 2 is 0.955 bits per heavy atom. The summed E-state index contributed by atoms with van der Waals surface area (Å²) in [6, 6.07) is 32.4. The number of aromatic nitrogens is 8. The van der Waals surface area contributed by atoms with Gasteiger partial charge in [0.1, 0.15) is 57.1 Å². The van der Waals surface area contributed by atoms with Gasteiger partial charge < -0.3 is 55.2 Å². The van der Waals surface area contributed by atoms with Gasteiger partial charge >= 0.3 is 58.8 Å². The molecule has 3 amide bonds. The van der Waals surface area contributed by atoms with Gasteiger partial charge in [-0.2, -0.15) is 0 Å². The minimum absolute atomic E-state index is 0.00777. The molecule has 11 N–H and O–H groups in total. The molecule has 10 rings (SSSR count). The number of unbranched alkanes of at least 4 members (excludes halogenated alkanes) is 1. The van der Waals surface area contributed by atoms with Crippen LogP contribution in [0.1, 0.15) is 78.3 Å². The van der Waals surface area contributed by atoms with E-state index < -0.39 is 108 Å². The van der Waals surface area contributed by atoms with Crippen molar-refractivity contribution >= 4 is 116 Å². The number of fused-ring (bicyclic) bond motifs is 6. The molecule has 0 fully saturated rings. The number of carbonyl (C=O) groups is 8. The maximum atomic E-state index is 12.8. The Labute approximate surface area is 663 Å². The molecule has 34 nitrogen and oxygen atoms in total. The second kappa shape index (κ2) is 45.7. The average Bonchev–Trinajstić information content (AvgIpc) is 1.62. The average molecular weight is 1850 g/mol. The van der Waals surface area contributed by atoms with Crippen LogP contribution in [0.5, 0.6) is 0 Å². The lowest BCUT2D eigenvalue weighted by atomic mass is 9.98. The highest BCUT2D eigenvalue weighted by molar-refractivity contribution is 14.1. The third-order valence-electron chi connectivity index (χ3n) is 15.0. The monoisotopic (exact) mass is 1850 g/mol. The zero-order valence-electron chi connectivity index (χ0n) is 58.6. The number of rotatable bonds is 25. The highest BCUT2D eigenvalue weighted by Crippen LogP contribution is 2.45. The van der Waals surface area contributed by atoms with E-state index in [-0.39, 0.29) is 68.6 Å². The Kier molecular flexibility index (Phi) is 36.9. The Morgan fingerprint density at radius 1 is 0.545 bits per heavy atom. The van der Waals surface area contributed by atoms with Gasteiger partial charge in [-0.3, -0.25) is 81.6 Å². The van der Waals surface area contributed by atoms with E-state index in [0.717, 1.165) is 59.7 Å². The number of aliphatic carboxylic acids is 4. The molecule has 0 radical (unpaired) electrons. The fraction of sp³-hybridized carbons (Fsp3) is 0.260. The number of Topliss-reactive ketones (excluding diaryl/α,β-unsaturated/α-hetero) is 1. The molecule has 0 bridgehead atoms. The number of halogens is 3. The van der Waals surface area contributed by atoms with E-state index in [1.165, 1.54) is 48.5 Å². The first-order chi connectivity index (χ1) is 52.5. The van der Waals surface area contributed by atoms with Gasteiger partial charge in [0.2, 0.25) is 5.91 Å². The number of hydrogen-bond acceptors (Lipinski definition) is 19. The molecule has 4 heterocycles. The van der Waals surface area contributed by atoms with Crippen molar-refractivity contribution in [2.24, 2.45) is 0 Å². The summed E-state index contributed by atoms with van der Waals surface area (Å²) in [5, 5.41) is 39.1. The molecule has 2 aliphatic carbocycles. The maximum absolute atomic E-state index is 12.8. The summed E-state index contributed by atoms with van der Waals surface area (Å²) in [4.78, 5) is 191. The van der Waals surface area contributed by atoms with Crippen LogP contribution >= 0.6 is 67.8 Å². The predicted octanol–water partition coefficient (Wildman–Crippen LogP) is 4.22. The van der Waals surface area contributed by atoms with E-state index in [2.05, 4.69) is 80.1 Å². The number of alkyl carbamates (subject to hydrolysis) is 2. The van der Waals surface area contributed by atoms with Gasteiger partial charge in [0.25, 0.3) is 22.2 Å². The lowest BCUT2D eigenvalue weighted by molar-refractivity contribution is -0.144. The minimum Gasteiger partial charge on any atom is -0.481 e. The maximum Gasteiger partial charge on any atom is 0.407 e. The summed E-state index contributed by atoms with van der Waals surface area (Å²) in [6.45, 7) is 5.62. The van der Waals surface area contributed by atoms with E-state index in [4.69, 9.17) is 29.5 Å². The Bertz CT molecular complexity index is 5210. The topological polar surface area (TPSA) is 503 Å². The van der Waals surface area contributed by atoms with Gasteiger partial charge in [-0.15, -0.1) is 18.4 Å². The number of amides is 3. The molecule has 4 aromatic carbocycles. The van der Waals surface area contributed by atoms with E-state index in [1.54, 1.807) is 51.3 Å². The smallest absolute Gasteiger partial charge is 0.407 e. The summed E-state index contributed by atoms with van der Waals surface area (Å²) in [5.41, 5.74) is 4.25. The molecule has 0 unspecified atom stereocenters. The first-order valence-electron chi connectivity index (χ1n) is 32.6. The van der Waals surface area contributed by atoms with Gasteiger partial charge in [0.05, 0.1) is 18.2 Å². The summed E-state index contributed by atoms with van der Waals surface area (Å²) >= 11 is 5.32. The number of carbonyl (C=O) groups excluding carboxylic acids is 4.